The second-order valence-corrected chi connectivity index (χ2v) is 4.11. The van der Waals surface area contributed by atoms with Crippen LogP contribution in [0.5, 0.6) is 0 Å². The van der Waals surface area contributed by atoms with Crippen molar-refractivity contribution in [2.45, 2.75) is 11.6 Å². The van der Waals surface area contributed by atoms with Crippen molar-refractivity contribution in [3.8, 4) is 0 Å². The van der Waals surface area contributed by atoms with Crippen LogP contribution in [0.15, 0.2) is 36.4 Å². The van der Waals surface area contributed by atoms with Crippen LogP contribution in [0.2, 0.25) is 0 Å². The topological polar surface area (TPSA) is 53.0 Å². The summed E-state index contributed by atoms with van der Waals surface area (Å²) >= 11 is 0. The highest BCUT2D eigenvalue weighted by Gasteiger charge is 2.74. The molecule has 0 spiro atoms. The normalized spacial score (nSPS) is 39.1. The molecule has 1 aromatic rings. The molecule has 3 heteroatoms. The molecule has 2 atom stereocenters. The van der Waals surface area contributed by atoms with E-state index in [4.69, 9.17) is 4.74 Å². The average molecular weight is 200 g/mol. The first-order valence-electron chi connectivity index (χ1n) is 4.84. The molecule has 1 saturated heterocycles. The average Bonchev–Trinajstić information content (AvgIpc) is 2.73. The van der Waals surface area contributed by atoms with Crippen molar-refractivity contribution >= 4 is 11.1 Å². The second kappa shape index (κ2) is 1.93. The molecule has 3 aliphatic rings. The van der Waals surface area contributed by atoms with Gasteiger partial charge in [-0.25, -0.2) is 0 Å². The quantitative estimate of drug-likeness (QED) is 0.611. The van der Waals surface area contributed by atoms with Crippen molar-refractivity contribution in [2.75, 3.05) is 0 Å². The molecule has 2 N–H and O–H groups in total. The zero-order valence-corrected chi connectivity index (χ0v) is 7.77. The molecule has 0 saturated carbocycles. The molecule has 3 nitrogen and oxygen atoms in total. The summed E-state index contributed by atoms with van der Waals surface area (Å²) in [7, 11) is 0. The summed E-state index contributed by atoms with van der Waals surface area (Å²) in [5.41, 5.74) is 3.75. The third kappa shape index (κ3) is 0.649. The standard InChI is InChI=1S/C12H8O3/c13-11-6-5-9-7-3-1-2-4-8(7)10(9)12(11,14)15-11/h1-6,13-14H. The summed E-state index contributed by atoms with van der Waals surface area (Å²) in [5, 5.41) is 19.8. The lowest BCUT2D eigenvalue weighted by molar-refractivity contribution is 0.0820. The molecule has 1 fully saturated rings. The van der Waals surface area contributed by atoms with Crippen LogP contribution in [0, 0.1) is 0 Å². The molecule has 1 heterocycles. The number of allylic oxidation sites excluding steroid dienone is 2. The van der Waals surface area contributed by atoms with Crippen LogP contribution < -0.4 is 0 Å². The molecule has 0 amide bonds. The highest BCUT2D eigenvalue weighted by atomic mass is 16.8. The minimum atomic E-state index is -1.51. The summed E-state index contributed by atoms with van der Waals surface area (Å²) in [6.45, 7) is 0. The lowest BCUT2D eigenvalue weighted by atomic mass is 9.74. The molecular formula is C12H8O3. The predicted molar refractivity (Wildman–Crippen MR) is 53.4 cm³/mol. The van der Waals surface area contributed by atoms with E-state index >= 15 is 0 Å². The molecule has 0 radical (unpaired) electrons. The van der Waals surface area contributed by atoms with Crippen molar-refractivity contribution in [3.63, 3.8) is 0 Å². The van der Waals surface area contributed by atoms with E-state index in [0.29, 0.717) is 5.57 Å². The maximum Gasteiger partial charge on any atom is 0.256 e. The van der Waals surface area contributed by atoms with Crippen molar-refractivity contribution in [1.82, 2.24) is 0 Å². The van der Waals surface area contributed by atoms with Crippen LogP contribution in [-0.2, 0) is 4.74 Å². The van der Waals surface area contributed by atoms with Gasteiger partial charge in [0.1, 0.15) is 0 Å². The summed E-state index contributed by atoms with van der Waals surface area (Å²) in [5.74, 6) is -3.01. The minimum Gasteiger partial charge on any atom is -0.358 e. The lowest BCUT2D eigenvalue weighted by Crippen LogP contribution is -2.32. The number of benzene rings is 1. The van der Waals surface area contributed by atoms with Gasteiger partial charge in [-0.05, 0) is 22.8 Å². The molecule has 0 aromatic heterocycles. The third-order valence-electron chi connectivity index (χ3n) is 3.32. The van der Waals surface area contributed by atoms with Crippen LogP contribution in [0.1, 0.15) is 11.1 Å². The highest BCUT2D eigenvalue weighted by molar-refractivity contribution is 6.12. The zero-order valence-electron chi connectivity index (χ0n) is 7.77. The molecule has 2 aliphatic carbocycles. The Labute approximate surface area is 85.9 Å². The van der Waals surface area contributed by atoms with E-state index < -0.39 is 11.6 Å². The zero-order chi connectivity index (χ0) is 10.3. The van der Waals surface area contributed by atoms with Crippen molar-refractivity contribution in [2.24, 2.45) is 0 Å². The van der Waals surface area contributed by atoms with E-state index in [9.17, 15) is 10.2 Å². The van der Waals surface area contributed by atoms with Gasteiger partial charge in [0.15, 0.2) is 0 Å². The Morgan fingerprint density at radius 1 is 1.07 bits per heavy atom. The number of epoxide rings is 1. The molecule has 4 rings (SSSR count). The van der Waals surface area contributed by atoms with E-state index in [2.05, 4.69) is 0 Å². The van der Waals surface area contributed by atoms with Crippen LogP contribution in [-0.4, -0.2) is 21.8 Å². The maximum absolute atomic E-state index is 10.1. The molecule has 74 valence electrons. The Bertz CT molecular complexity index is 558. The first-order chi connectivity index (χ1) is 7.16. The van der Waals surface area contributed by atoms with Gasteiger partial charge in [-0.2, -0.15) is 0 Å². The largest absolute Gasteiger partial charge is 0.358 e. The summed E-state index contributed by atoms with van der Waals surface area (Å²) in [6, 6.07) is 7.78. The van der Waals surface area contributed by atoms with Gasteiger partial charge >= 0.3 is 0 Å². The van der Waals surface area contributed by atoms with Gasteiger partial charge in [-0.15, -0.1) is 0 Å². The van der Waals surface area contributed by atoms with E-state index in [-0.39, 0.29) is 0 Å². The summed E-state index contributed by atoms with van der Waals surface area (Å²) < 4.78 is 5.01. The Morgan fingerprint density at radius 3 is 2.60 bits per heavy atom. The van der Waals surface area contributed by atoms with Crippen molar-refractivity contribution in [3.05, 3.63) is 47.5 Å². The molecule has 0 bridgehead atoms. The fraction of sp³-hybridized carbons (Fsp3) is 0.167. The van der Waals surface area contributed by atoms with Gasteiger partial charge in [-0.3, -0.25) is 4.74 Å². The minimum absolute atomic E-state index is 0.711. The maximum atomic E-state index is 10.1. The van der Waals surface area contributed by atoms with Crippen molar-refractivity contribution in [1.29, 1.82) is 0 Å². The Hall–Kier alpha value is -1.42. The lowest BCUT2D eigenvalue weighted by Gasteiger charge is -2.30. The summed E-state index contributed by atoms with van der Waals surface area (Å²) in [4.78, 5) is 0. The van der Waals surface area contributed by atoms with E-state index in [1.54, 1.807) is 6.08 Å². The number of ether oxygens (including phenoxy) is 1. The molecule has 1 aliphatic heterocycles. The van der Waals surface area contributed by atoms with Crippen LogP contribution in [0.25, 0.3) is 11.1 Å². The Balaban J connectivity index is 1.97. The molecule has 1 aromatic carbocycles. The number of hydrogen-bond acceptors (Lipinski definition) is 3. The summed E-state index contributed by atoms with van der Waals surface area (Å²) in [6.07, 6.45) is 3.31. The van der Waals surface area contributed by atoms with Gasteiger partial charge in [-0.1, -0.05) is 30.3 Å². The Morgan fingerprint density at radius 2 is 1.80 bits per heavy atom. The second-order valence-electron chi connectivity index (χ2n) is 4.11. The smallest absolute Gasteiger partial charge is 0.256 e. The molecule has 15 heavy (non-hydrogen) atoms. The highest BCUT2D eigenvalue weighted by Crippen LogP contribution is 2.62. The number of hydrogen-bond donors (Lipinski definition) is 2. The van der Waals surface area contributed by atoms with E-state index in [0.717, 1.165) is 16.7 Å². The van der Waals surface area contributed by atoms with Crippen LogP contribution in [0.3, 0.4) is 0 Å². The predicted octanol–water partition coefficient (Wildman–Crippen LogP) is 0.888. The van der Waals surface area contributed by atoms with Gasteiger partial charge in [0.05, 0.1) is 0 Å². The van der Waals surface area contributed by atoms with Crippen LogP contribution >= 0.6 is 0 Å². The molecule has 2 unspecified atom stereocenters. The fourth-order valence-corrected chi connectivity index (χ4v) is 2.46. The van der Waals surface area contributed by atoms with E-state index in [1.165, 1.54) is 6.08 Å². The SMILES string of the molecule is OC12C=CC3=C(c4ccccc43)C1(O)O2. The van der Waals surface area contributed by atoms with E-state index in [1.807, 2.05) is 24.3 Å². The van der Waals surface area contributed by atoms with Crippen molar-refractivity contribution < 1.29 is 14.9 Å². The number of aliphatic hydroxyl groups is 2. The van der Waals surface area contributed by atoms with Gasteiger partial charge in [0, 0.05) is 5.57 Å². The molecular weight excluding hydrogens is 192 g/mol. The van der Waals surface area contributed by atoms with Gasteiger partial charge < -0.3 is 10.2 Å². The first kappa shape index (κ1) is 7.82. The number of rotatable bonds is 0. The number of fused-ring (bicyclic) bond motifs is 5. The van der Waals surface area contributed by atoms with Gasteiger partial charge in [0.2, 0.25) is 5.79 Å². The Kier molecular flexibility index (Phi) is 1.00. The monoisotopic (exact) mass is 200 g/mol. The third-order valence-corrected chi connectivity index (χ3v) is 3.32. The first-order valence-corrected chi connectivity index (χ1v) is 4.84. The fourth-order valence-electron chi connectivity index (χ4n) is 2.46. The van der Waals surface area contributed by atoms with Crippen LogP contribution in [0.4, 0.5) is 0 Å². The van der Waals surface area contributed by atoms with Gasteiger partial charge in [0.25, 0.3) is 5.79 Å².